The molecular formula is C20H16ClF2N3O3. The van der Waals surface area contributed by atoms with Crippen molar-refractivity contribution in [2.75, 3.05) is 5.32 Å². The summed E-state index contributed by atoms with van der Waals surface area (Å²) in [5, 5.41) is 7.19. The van der Waals surface area contributed by atoms with E-state index >= 15 is 0 Å². The van der Waals surface area contributed by atoms with E-state index in [9.17, 15) is 13.6 Å². The molecule has 0 atom stereocenters. The summed E-state index contributed by atoms with van der Waals surface area (Å²) < 4.78 is 37.0. The minimum Gasteiger partial charge on any atom is -0.395 e. The summed E-state index contributed by atoms with van der Waals surface area (Å²) in [6.07, 6.45) is -2.13. The Bertz CT molecular complexity index is 1080. The quantitative estimate of drug-likeness (QED) is 0.618. The zero-order valence-electron chi connectivity index (χ0n) is 15.4. The van der Waals surface area contributed by atoms with E-state index < -0.39 is 6.29 Å². The highest BCUT2D eigenvalue weighted by Crippen LogP contribution is 2.46. The van der Waals surface area contributed by atoms with Crippen molar-refractivity contribution in [2.24, 2.45) is 0 Å². The van der Waals surface area contributed by atoms with Crippen LogP contribution in [0.3, 0.4) is 0 Å². The average Bonchev–Trinajstić information content (AvgIpc) is 3.25. The number of benzene rings is 2. The van der Waals surface area contributed by atoms with Crippen LogP contribution in [0.1, 0.15) is 30.4 Å². The predicted octanol–water partition coefficient (Wildman–Crippen LogP) is 5.36. The van der Waals surface area contributed by atoms with Gasteiger partial charge in [0.25, 0.3) is 5.91 Å². The molecule has 1 aliphatic rings. The van der Waals surface area contributed by atoms with Crippen molar-refractivity contribution in [1.29, 1.82) is 0 Å². The topological polar surface area (TPSA) is 65.4 Å². The lowest BCUT2D eigenvalue weighted by Crippen LogP contribution is -2.25. The number of halogens is 3. The van der Waals surface area contributed by atoms with E-state index in [1.807, 2.05) is 13.8 Å². The third-order valence-electron chi connectivity index (χ3n) is 4.34. The molecule has 0 fully saturated rings. The van der Waals surface area contributed by atoms with E-state index in [1.165, 1.54) is 12.1 Å². The normalized spacial score (nSPS) is 14.3. The summed E-state index contributed by atoms with van der Waals surface area (Å²) >= 11 is 6.21. The van der Waals surface area contributed by atoms with Crippen LogP contribution in [-0.2, 0) is 0 Å². The zero-order valence-corrected chi connectivity index (χ0v) is 16.2. The number of carbonyl (C=O) groups excluding carboxylic acids is 1. The smallest absolute Gasteiger partial charge is 0.395 e. The van der Waals surface area contributed by atoms with E-state index in [-0.39, 0.29) is 28.5 Å². The van der Waals surface area contributed by atoms with Crippen molar-refractivity contribution >= 4 is 23.2 Å². The van der Waals surface area contributed by atoms with Gasteiger partial charge in [-0.25, -0.2) is 0 Å². The maximum atomic E-state index is 13.2. The molecule has 6 nitrogen and oxygen atoms in total. The van der Waals surface area contributed by atoms with Gasteiger partial charge in [0, 0.05) is 29.6 Å². The second-order valence-electron chi connectivity index (χ2n) is 6.73. The Morgan fingerprint density at radius 2 is 1.79 bits per heavy atom. The van der Waals surface area contributed by atoms with E-state index in [2.05, 4.69) is 19.9 Å². The largest absolute Gasteiger partial charge is 0.586 e. The molecule has 1 aliphatic heterocycles. The van der Waals surface area contributed by atoms with Gasteiger partial charge in [-0.15, -0.1) is 8.78 Å². The summed E-state index contributed by atoms with van der Waals surface area (Å²) in [5.74, 6) is -0.490. The number of hydrogen-bond donors (Lipinski definition) is 1. The van der Waals surface area contributed by atoms with E-state index in [4.69, 9.17) is 11.6 Å². The molecular weight excluding hydrogens is 404 g/mol. The Morgan fingerprint density at radius 1 is 1.14 bits per heavy atom. The maximum Gasteiger partial charge on any atom is 0.586 e. The Balaban J connectivity index is 1.55. The van der Waals surface area contributed by atoms with E-state index in [0.717, 1.165) is 0 Å². The molecule has 1 N–H and O–H groups in total. The van der Waals surface area contributed by atoms with Crippen LogP contribution in [0, 0.1) is 0 Å². The lowest BCUT2D eigenvalue weighted by atomic mass is 10.0. The second kappa shape index (κ2) is 7.04. The van der Waals surface area contributed by atoms with Crippen LogP contribution < -0.4 is 14.8 Å². The van der Waals surface area contributed by atoms with Gasteiger partial charge in [0.2, 0.25) is 0 Å². The Kier molecular flexibility index (Phi) is 4.66. The van der Waals surface area contributed by atoms with Gasteiger partial charge < -0.3 is 14.8 Å². The lowest BCUT2D eigenvalue weighted by molar-refractivity contribution is -0.286. The summed E-state index contributed by atoms with van der Waals surface area (Å²) in [4.78, 5) is 12.5. The molecule has 29 heavy (non-hydrogen) atoms. The van der Waals surface area contributed by atoms with Crippen LogP contribution in [0.25, 0.3) is 11.1 Å². The minimum atomic E-state index is -3.71. The van der Waals surface area contributed by atoms with Gasteiger partial charge in [-0.2, -0.15) is 5.10 Å². The fraction of sp³-hybridized carbons (Fsp3) is 0.200. The van der Waals surface area contributed by atoms with Crippen molar-refractivity contribution in [2.45, 2.75) is 26.2 Å². The second-order valence-corrected chi connectivity index (χ2v) is 7.14. The molecule has 0 unspecified atom stereocenters. The van der Waals surface area contributed by atoms with Gasteiger partial charge in [-0.05, 0) is 43.7 Å². The first-order valence-corrected chi connectivity index (χ1v) is 9.16. The van der Waals surface area contributed by atoms with Crippen molar-refractivity contribution in [3.8, 4) is 22.6 Å². The third kappa shape index (κ3) is 3.75. The van der Waals surface area contributed by atoms with Crippen LogP contribution in [0.5, 0.6) is 11.5 Å². The number of rotatable bonds is 4. The Labute approximate surface area is 170 Å². The predicted molar refractivity (Wildman–Crippen MR) is 104 cm³/mol. The number of amides is 1. The van der Waals surface area contributed by atoms with Crippen molar-refractivity contribution < 1.29 is 23.0 Å². The summed E-state index contributed by atoms with van der Waals surface area (Å²) in [6, 6.07) is 11.2. The standard InChI is InChI=1S/C20H16ClF2N3O3/c1-11(2)26-16(7-8-24-26)19(27)25-13-5-3-12(4-6-13)14-9-17-18(10-15(14)21)29-20(22,23)28-17/h3-11H,1-2H3,(H,25,27). The SMILES string of the molecule is CC(C)n1nccc1C(=O)Nc1ccc(-c2cc3c(cc2Cl)OC(F)(F)O3)cc1. The van der Waals surface area contributed by atoms with E-state index in [1.54, 1.807) is 41.2 Å². The fourth-order valence-corrected chi connectivity index (χ4v) is 3.29. The van der Waals surface area contributed by atoms with Gasteiger partial charge in [-0.3, -0.25) is 9.48 Å². The first-order valence-electron chi connectivity index (χ1n) is 8.78. The summed E-state index contributed by atoms with van der Waals surface area (Å²) in [5.41, 5.74) is 2.19. The number of ether oxygens (including phenoxy) is 2. The van der Waals surface area contributed by atoms with Crippen LogP contribution in [0.2, 0.25) is 5.02 Å². The van der Waals surface area contributed by atoms with Crippen LogP contribution in [0.15, 0.2) is 48.7 Å². The van der Waals surface area contributed by atoms with Crippen LogP contribution >= 0.6 is 11.6 Å². The molecule has 0 aliphatic carbocycles. The molecule has 2 heterocycles. The third-order valence-corrected chi connectivity index (χ3v) is 4.65. The monoisotopic (exact) mass is 419 g/mol. The maximum absolute atomic E-state index is 13.2. The number of carbonyl (C=O) groups is 1. The Morgan fingerprint density at radius 3 is 2.45 bits per heavy atom. The first kappa shape index (κ1) is 19.2. The lowest BCUT2D eigenvalue weighted by Gasteiger charge is -2.12. The highest BCUT2D eigenvalue weighted by molar-refractivity contribution is 6.33. The van der Waals surface area contributed by atoms with Crippen LogP contribution in [-0.4, -0.2) is 22.0 Å². The molecule has 0 bridgehead atoms. The zero-order chi connectivity index (χ0) is 20.8. The van der Waals surface area contributed by atoms with E-state index in [0.29, 0.717) is 22.5 Å². The number of fused-ring (bicyclic) bond motifs is 1. The summed E-state index contributed by atoms with van der Waals surface area (Å²) in [7, 11) is 0. The van der Waals surface area contributed by atoms with Gasteiger partial charge in [0.1, 0.15) is 5.69 Å². The van der Waals surface area contributed by atoms with Gasteiger partial charge in [0.15, 0.2) is 11.5 Å². The number of hydrogen-bond acceptors (Lipinski definition) is 4. The van der Waals surface area contributed by atoms with Crippen molar-refractivity contribution in [1.82, 2.24) is 9.78 Å². The molecule has 9 heteroatoms. The van der Waals surface area contributed by atoms with Crippen molar-refractivity contribution in [3.63, 3.8) is 0 Å². The first-order chi connectivity index (χ1) is 13.7. The molecule has 0 saturated heterocycles. The highest BCUT2D eigenvalue weighted by Gasteiger charge is 2.43. The molecule has 1 aromatic heterocycles. The summed E-state index contributed by atoms with van der Waals surface area (Å²) in [6.45, 7) is 3.87. The fourth-order valence-electron chi connectivity index (χ4n) is 3.03. The molecule has 2 aromatic carbocycles. The van der Waals surface area contributed by atoms with Crippen molar-refractivity contribution in [3.05, 3.63) is 59.4 Å². The number of aromatic nitrogens is 2. The highest BCUT2D eigenvalue weighted by atomic mass is 35.5. The van der Waals surface area contributed by atoms with Gasteiger partial charge in [0.05, 0.1) is 5.02 Å². The molecule has 0 radical (unpaired) electrons. The molecule has 150 valence electrons. The Hall–Kier alpha value is -3.13. The number of nitrogens with zero attached hydrogens (tertiary/aromatic N) is 2. The molecule has 1 amide bonds. The molecule has 0 saturated carbocycles. The molecule has 3 aromatic rings. The number of alkyl halides is 2. The minimum absolute atomic E-state index is 0.0497. The average molecular weight is 420 g/mol. The molecule has 4 rings (SSSR count). The van der Waals surface area contributed by atoms with Gasteiger partial charge >= 0.3 is 6.29 Å². The van der Waals surface area contributed by atoms with Crippen LogP contribution in [0.4, 0.5) is 14.5 Å². The number of nitrogens with one attached hydrogen (secondary N) is 1. The molecule has 0 spiro atoms. The number of anilines is 1. The van der Waals surface area contributed by atoms with Gasteiger partial charge in [-0.1, -0.05) is 23.7 Å².